The molecule has 5 N–H and O–H groups in total. The van der Waals surface area contributed by atoms with Crippen LogP contribution in [0.15, 0.2) is 18.3 Å². The number of ketones is 1. The Hall–Kier alpha value is -3.46. The Morgan fingerprint density at radius 2 is 1.05 bits per heavy atom. The fourth-order valence-corrected chi connectivity index (χ4v) is 3.68. The zero-order valence-corrected chi connectivity index (χ0v) is 21.9. The summed E-state index contributed by atoms with van der Waals surface area (Å²) in [5, 5.41) is 27.3. The first kappa shape index (κ1) is 32.6. The monoisotopic (exact) mass is 538 g/mol. The Balaban J connectivity index is 0.000000600. The van der Waals surface area contributed by atoms with E-state index in [-0.39, 0.29) is 32.0 Å². The van der Waals surface area contributed by atoms with E-state index in [1.54, 1.807) is 31.9 Å². The lowest BCUT2D eigenvalue weighted by atomic mass is 10.2. The van der Waals surface area contributed by atoms with Crippen LogP contribution in [0.1, 0.15) is 23.0 Å². The number of rotatable bonds is 9. The molecule has 38 heavy (non-hydrogen) atoms. The molecule has 1 aromatic heterocycles. The number of aliphatic carboxylic acids is 3. The van der Waals surface area contributed by atoms with Crippen LogP contribution < -0.4 is 5.73 Å². The van der Waals surface area contributed by atoms with E-state index >= 15 is 0 Å². The standard InChI is InChI=1S/C16H29N5O7.C8H9NO/c17-13(22)9-18-1-3-19(10-14(23)24)5-7-21(12-16(27)28)8-6-20(4-2-18)11-15(25)26;1-6-3-4-8(7(2)10)9-5-6/h1-12H2,(H2,17,22)(H,23,24)(H,25,26)(H,27,28);3-5H,1-2H3. The summed E-state index contributed by atoms with van der Waals surface area (Å²) in [4.78, 5) is 66.0. The first-order valence-electron chi connectivity index (χ1n) is 12.1. The molecule has 0 radical (unpaired) electrons. The van der Waals surface area contributed by atoms with Gasteiger partial charge in [0.2, 0.25) is 5.91 Å². The van der Waals surface area contributed by atoms with E-state index in [1.165, 1.54) is 6.92 Å². The Labute approximate surface area is 221 Å². The summed E-state index contributed by atoms with van der Waals surface area (Å²) < 4.78 is 0. The lowest BCUT2D eigenvalue weighted by Crippen LogP contribution is -2.49. The Bertz CT molecular complexity index is 830. The van der Waals surface area contributed by atoms with Gasteiger partial charge in [0, 0.05) is 65.5 Å². The van der Waals surface area contributed by atoms with Crippen molar-refractivity contribution in [1.82, 2.24) is 24.6 Å². The van der Waals surface area contributed by atoms with Crippen molar-refractivity contribution in [2.24, 2.45) is 5.73 Å². The normalized spacial score (nSPS) is 16.8. The van der Waals surface area contributed by atoms with E-state index in [4.69, 9.17) is 21.1 Å². The lowest BCUT2D eigenvalue weighted by Gasteiger charge is -2.32. The van der Waals surface area contributed by atoms with Crippen LogP contribution in [0.25, 0.3) is 0 Å². The van der Waals surface area contributed by atoms with Crippen molar-refractivity contribution in [2.45, 2.75) is 13.8 Å². The van der Waals surface area contributed by atoms with Gasteiger partial charge in [0.15, 0.2) is 5.78 Å². The average Bonchev–Trinajstić information content (AvgIpc) is 2.80. The number of carboxylic acid groups (broad SMARTS) is 3. The highest BCUT2D eigenvalue weighted by atomic mass is 16.4. The summed E-state index contributed by atoms with van der Waals surface area (Å²) in [5.74, 6) is -3.50. The summed E-state index contributed by atoms with van der Waals surface area (Å²) in [6, 6.07) is 3.61. The van der Waals surface area contributed by atoms with Gasteiger partial charge in [-0.3, -0.25) is 48.6 Å². The molecule has 1 fully saturated rings. The SMILES string of the molecule is CC(=O)c1ccc(C)cn1.NC(=O)CN1CCN(CC(=O)O)CCN(CC(=O)O)CCN(CC(=O)O)CC1. The van der Waals surface area contributed by atoms with Gasteiger partial charge in [-0.2, -0.15) is 0 Å². The third-order valence-corrected chi connectivity index (χ3v) is 5.66. The lowest BCUT2D eigenvalue weighted by molar-refractivity contribution is -0.140. The van der Waals surface area contributed by atoms with Crippen molar-refractivity contribution < 1.29 is 39.3 Å². The first-order valence-corrected chi connectivity index (χ1v) is 12.1. The quantitative estimate of drug-likeness (QED) is 0.266. The number of pyridine rings is 1. The molecule has 0 atom stereocenters. The van der Waals surface area contributed by atoms with E-state index < -0.39 is 23.8 Å². The molecule has 14 nitrogen and oxygen atoms in total. The van der Waals surface area contributed by atoms with Crippen molar-refractivity contribution in [2.75, 3.05) is 78.5 Å². The third kappa shape index (κ3) is 14.9. The number of amides is 1. The molecule has 1 aliphatic heterocycles. The molecule has 2 rings (SSSR count). The van der Waals surface area contributed by atoms with E-state index in [1.807, 2.05) is 13.0 Å². The average molecular weight is 539 g/mol. The molecular formula is C24H38N6O8. The highest BCUT2D eigenvalue weighted by Crippen LogP contribution is 2.01. The smallest absolute Gasteiger partial charge is 0.317 e. The summed E-state index contributed by atoms with van der Waals surface area (Å²) >= 11 is 0. The van der Waals surface area contributed by atoms with Gasteiger partial charge in [0.25, 0.3) is 0 Å². The zero-order valence-electron chi connectivity index (χ0n) is 21.9. The van der Waals surface area contributed by atoms with Gasteiger partial charge in [-0.15, -0.1) is 0 Å². The van der Waals surface area contributed by atoms with Gasteiger partial charge in [-0.25, -0.2) is 0 Å². The van der Waals surface area contributed by atoms with E-state index in [0.29, 0.717) is 58.1 Å². The van der Waals surface area contributed by atoms with Gasteiger partial charge in [0.05, 0.1) is 26.2 Å². The maximum absolute atomic E-state index is 11.3. The van der Waals surface area contributed by atoms with Gasteiger partial charge < -0.3 is 21.1 Å². The molecule has 1 amide bonds. The molecule has 0 bridgehead atoms. The minimum Gasteiger partial charge on any atom is -0.480 e. The Kier molecular flexibility index (Phi) is 14.7. The highest BCUT2D eigenvalue weighted by Gasteiger charge is 2.20. The molecular weight excluding hydrogens is 500 g/mol. The second kappa shape index (κ2) is 17.1. The number of carbonyl (C=O) groups excluding carboxylic acids is 2. The van der Waals surface area contributed by atoms with E-state index in [2.05, 4.69) is 4.98 Å². The summed E-state index contributed by atoms with van der Waals surface area (Å²) in [5.41, 5.74) is 6.88. The number of carboxylic acids is 3. The summed E-state index contributed by atoms with van der Waals surface area (Å²) in [6.07, 6.45) is 1.69. The topological polar surface area (TPSA) is 198 Å². The number of carbonyl (C=O) groups is 5. The molecule has 0 aliphatic carbocycles. The van der Waals surface area contributed by atoms with Crippen LogP contribution in [0.4, 0.5) is 0 Å². The summed E-state index contributed by atoms with van der Waals surface area (Å²) in [7, 11) is 0. The van der Waals surface area contributed by atoms with Gasteiger partial charge in [0.1, 0.15) is 5.69 Å². The van der Waals surface area contributed by atoms with Crippen LogP contribution in [-0.4, -0.2) is 148 Å². The second-order valence-corrected chi connectivity index (χ2v) is 9.03. The number of hydrogen-bond acceptors (Lipinski definition) is 10. The molecule has 1 saturated heterocycles. The maximum atomic E-state index is 11.3. The Morgan fingerprint density at radius 1 is 0.711 bits per heavy atom. The molecule has 212 valence electrons. The van der Waals surface area contributed by atoms with E-state index in [0.717, 1.165) is 5.56 Å². The molecule has 0 saturated carbocycles. The minimum atomic E-state index is -1.01. The van der Waals surface area contributed by atoms with Gasteiger partial charge in [-0.05, 0) is 18.6 Å². The second-order valence-electron chi connectivity index (χ2n) is 9.03. The predicted molar refractivity (Wildman–Crippen MR) is 137 cm³/mol. The van der Waals surface area contributed by atoms with Crippen LogP contribution in [-0.2, 0) is 19.2 Å². The molecule has 1 aliphatic rings. The Morgan fingerprint density at radius 3 is 1.29 bits per heavy atom. The fourth-order valence-electron chi connectivity index (χ4n) is 3.68. The van der Waals surface area contributed by atoms with Gasteiger partial charge >= 0.3 is 17.9 Å². The van der Waals surface area contributed by atoms with E-state index in [9.17, 15) is 24.0 Å². The number of Topliss-reactive ketones (excluding diaryl/α,β-unsaturated/α-hetero) is 1. The number of nitrogens with two attached hydrogens (primary N) is 1. The fraction of sp³-hybridized carbons (Fsp3) is 0.583. The van der Waals surface area contributed by atoms with Gasteiger partial charge in [-0.1, -0.05) is 6.07 Å². The number of primary amides is 1. The first-order chi connectivity index (χ1) is 17.8. The van der Waals surface area contributed by atoms with Crippen molar-refractivity contribution in [3.8, 4) is 0 Å². The maximum Gasteiger partial charge on any atom is 0.317 e. The van der Waals surface area contributed by atoms with Crippen molar-refractivity contribution in [3.63, 3.8) is 0 Å². The number of aromatic nitrogens is 1. The summed E-state index contributed by atoms with van der Waals surface area (Å²) in [6.45, 7) is 5.66. The number of nitrogens with zero attached hydrogens (tertiary/aromatic N) is 5. The van der Waals surface area contributed by atoms with Crippen molar-refractivity contribution in [3.05, 3.63) is 29.6 Å². The van der Waals surface area contributed by atoms with Crippen molar-refractivity contribution in [1.29, 1.82) is 0 Å². The highest BCUT2D eigenvalue weighted by molar-refractivity contribution is 5.91. The molecule has 0 unspecified atom stereocenters. The minimum absolute atomic E-state index is 0.00698. The zero-order chi connectivity index (χ0) is 28.7. The third-order valence-electron chi connectivity index (χ3n) is 5.66. The van der Waals surface area contributed by atoms with Crippen LogP contribution in [0.2, 0.25) is 0 Å². The number of aryl methyl sites for hydroxylation is 1. The largest absolute Gasteiger partial charge is 0.480 e. The predicted octanol–water partition coefficient (Wildman–Crippen LogP) is -1.46. The van der Waals surface area contributed by atoms with Crippen LogP contribution in [0.3, 0.4) is 0 Å². The van der Waals surface area contributed by atoms with Crippen LogP contribution in [0.5, 0.6) is 0 Å². The van der Waals surface area contributed by atoms with Crippen LogP contribution in [0, 0.1) is 6.92 Å². The molecule has 0 aromatic carbocycles. The number of hydrogen-bond donors (Lipinski definition) is 4. The van der Waals surface area contributed by atoms with Crippen LogP contribution >= 0.6 is 0 Å². The molecule has 0 spiro atoms. The molecule has 14 heteroatoms. The van der Waals surface area contributed by atoms with Crippen molar-refractivity contribution >= 4 is 29.6 Å². The molecule has 1 aromatic rings. The molecule has 2 heterocycles.